The van der Waals surface area contributed by atoms with E-state index in [1.807, 2.05) is 0 Å². The maximum Gasteiger partial charge on any atom is 0.252 e. The molecule has 29 heavy (non-hydrogen) atoms. The van der Waals surface area contributed by atoms with Crippen molar-refractivity contribution in [1.82, 2.24) is 10.2 Å². The molecule has 0 aliphatic carbocycles. The second-order valence-electron chi connectivity index (χ2n) is 7.74. The Morgan fingerprint density at radius 1 is 1.14 bits per heavy atom. The van der Waals surface area contributed by atoms with Gasteiger partial charge in [-0.1, -0.05) is 32.0 Å². The van der Waals surface area contributed by atoms with Crippen LogP contribution in [0.15, 0.2) is 48.5 Å². The summed E-state index contributed by atoms with van der Waals surface area (Å²) in [5, 5.41) is 2.90. The molecule has 154 valence electrons. The van der Waals surface area contributed by atoms with Crippen molar-refractivity contribution in [2.45, 2.75) is 20.0 Å². The molecule has 0 bridgehead atoms. The number of amides is 1. The lowest BCUT2D eigenvalue weighted by Gasteiger charge is -2.34. The normalized spacial score (nSPS) is 17.3. The molecule has 2 aromatic carbocycles. The Balaban J connectivity index is 1.65. The molecule has 2 aromatic rings. The molecular weight excluding hydrogens is 371 g/mol. The van der Waals surface area contributed by atoms with Gasteiger partial charge in [-0.15, -0.1) is 0 Å². The number of hydrogen-bond acceptors (Lipinski definition) is 4. The van der Waals surface area contributed by atoms with E-state index in [4.69, 9.17) is 4.74 Å². The van der Waals surface area contributed by atoms with Gasteiger partial charge in [-0.25, -0.2) is 4.39 Å². The SMILES string of the molecule is CC(C)CN1CCO[C@H](CNC(=O)c2ccccc2C(=O)c2ccc(F)cc2)C1. The van der Waals surface area contributed by atoms with Crippen LogP contribution in [-0.2, 0) is 4.74 Å². The predicted molar refractivity (Wildman–Crippen MR) is 110 cm³/mol. The van der Waals surface area contributed by atoms with Crippen LogP contribution in [0.3, 0.4) is 0 Å². The van der Waals surface area contributed by atoms with Gasteiger partial charge >= 0.3 is 0 Å². The third-order valence-corrected chi connectivity index (χ3v) is 4.86. The minimum atomic E-state index is -0.411. The number of carbonyl (C=O) groups excluding carboxylic acids is 2. The molecule has 5 nitrogen and oxygen atoms in total. The van der Waals surface area contributed by atoms with Crippen molar-refractivity contribution >= 4 is 11.7 Å². The first-order chi connectivity index (χ1) is 13.9. The lowest BCUT2D eigenvalue weighted by Crippen LogP contribution is -2.48. The van der Waals surface area contributed by atoms with Gasteiger partial charge in [-0.3, -0.25) is 14.5 Å². The smallest absolute Gasteiger partial charge is 0.252 e. The molecule has 0 unspecified atom stereocenters. The van der Waals surface area contributed by atoms with Crippen LogP contribution in [0, 0.1) is 11.7 Å². The highest BCUT2D eigenvalue weighted by Gasteiger charge is 2.23. The van der Waals surface area contributed by atoms with Gasteiger partial charge in [0.05, 0.1) is 18.3 Å². The Morgan fingerprint density at radius 3 is 2.52 bits per heavy atom. The quantitative estimate of drug-likeness (QED) is 0.728. The van der Waals surface area contributed by atoms with Gasteiger partial charge in [-0.05, 0) is 36.2 Å². The summed E-state index contributed by atoms with van der Waals surface area (Å²) in [5.41, 5.74) is 0.936. The molecule has 1 aliphatic heterocycles. The van der Waals surface area contributed by atoms with Crippen LogP contribution in [0.1, 0.15) is 40.1 Å². The summed E-state index contributed by atoms with van der Waals surface area (Å²) < 4.78 is 18.9. The topological polar surface area (TPSA) is 58.6 Å². The number of halogens is 1. The minimum absolute atomic E-state index is 0.0774. The van der Waals surface area contributed by atoms with Crippen molar-refractivity contribution in [1.29, 1.82) is 0 Å². The van der Waals surface area contributed by atoms with Crippen LogP contribution in [0.5, 0.6) is 0 Å². The molecule has 0 saturated carbocycles. The summed E-state index contributed by atoms with van der Waals surface area (Å²) in [6, 6.07) is 12.0. The Hall–Kier alpha value is -2.57. The van der Waals surface area contributed by atoms with Crippen LogP contribution >= 0.6 is 0 Å². The number of rotatable bonds is 7. The highest BCUT2D eigenvalue weighted by molar-refractivity contribution is 6.15. The first-order valence-electron chi connectivity index (χ1n) is 9.95. The molecule has 6 heteroatoms. The van der Waals surface area contributed by atoms with Gasteiger partial charge in [0.25, 0.3) is 5.91 Å². The van der Waals surface area contributed by atoms with E-state index in [9.17, 15) is 14.0 Å². The predicted octanol–water partition coefficient (Wildman–Crippen LogP) is 3.14. The number of hydrogen-bond donors (Lipinski definition) is 1. The van der Waals surface area contributed by atoms with Crippen molar-refractivity contribution in [2.75, 3.05) is 32.8 Å². The Bertz CT molecular complexity index is 851. The van der Waals surface area contributed by atoms with Gasteiger partial charge in [0, 0.05) is 37.3 Å². The zero-order valence-electron chi connectivity index (χ0n) is 16.9. The fourth-order valence-electron chi connectivity index (χ4n) is 3.52. The number of morpholine rings is 1. The third-order valence-electron chi connectivity index (χ3n) is 4.86. The van der Waals surface area contributed by atoms with Crippen molar-refractivity contribution in [2.24, 2.45) is 5.92 Å². The molecule has 1 aliphatic rings. The summed E-state index contributed by atoms with van der Waals surface area (Å²) in [6.07, 6.45) is -0.0774. The molecule has 0 radical (unpaired) electrons. The highest BCUT2D eigenvalue weighted by atomic mass is 19.1. The maximum absolute atomic E-state index is 13.1. The molecule has 1 saturated heterocycles. The van der Waals surface area contributed by atoms with Crippen molar-refractivity contribution < 1.29 is 18.7 Å². The van der Waals surface area contributed by atoms with Gasteiger partial charge in [0.15, 0.2) is 5.78 Å². The summed E-state index contributed by atoms with van der Waals surface area (Å²) in [6.45, 7) is 8.07. The van der Waals surface area contributed by atoms with E-state index in [0.717, 1.165) is 19.6 Å². The molecule has 3 rings (SSSR count). The van der Waals surface area contributed by atoms with Crippen LogP contribution in [0.2, 0.25) is 0 Å². The van der Waals surface area contributed by atoms with Crippen LogP contribution in [-0.4, -0.2) is 55.5 Å². The number of ketones is 1. The molecule has 1 atom stereocenters. The average molecular weight is 398 g/mol. The van der Waals surface area contributed by atoms with Crippen molar-refractivity contribution in [3.63, 3.8) is 0 Å². The average Bonchev–Trinajstić information content (AvgIpc) is 2.72. The number of nitrogens with one attached hydrogen (secondary N) is 1. The summed E-state index contributed by atoms with van der Waals surface area (Å²) in [7, 11) is 0. The maximum atomic E-state index is 13.1. The zero-order valence-corrected chi connectivity index (χ0v) is 16.9. The van der Waals surface area contributed by atoms with E-state index < -0.39 is 5.82 Å². The van der Waals surface area contributed by atoms with Gasteiger partial charge in [0.1, 0.15) is 5.82 Å². The summed E-state index contributed by atoms with van der Waals surface area (Å²) >= 11 is 0. The van der Waals surface area contributed by atoms with Crippen molar-refractivity contribution in [3.05, 3.63) is 71.0 Å². The van der Waals surface area contributed by atoms with Crippen molar-refractivity contribution in [3.8, 4) is 0 Å². The van der Waals surface area contributed by atoms with E-state index in [2.05, 4.69) is 24.1 Å². The molecule has 1 amide bonds. The molecule has 0 aromatic heterocycles. The fourth-order valence-corrected chi connectivity index (χ4v) is 3.52. The number of ether oxygens (including phenoxy) is 1. The highest BCUT2D eigenvalue weighted by Crippen LogP contribution is 2.16. The summed E-state index contributed by atoms with van der Waals surface area (Å²) in [5.74, 6) is -0.465. The summed E-state index contributed by atoms with van der Waals surface area (Å²) in [4.78, 5) is 27.9. The third kappa shape index (κ3) is 5.71. The van der Waals surface area contributed by atoms with E-state index in [1.165, 1.54) is 24.3 Å². The monoisotopic (exact) mass is 398 g/mol. The molecule has 0 spiro atoms. The fraction of sp³-hybridized carbons (Fsp3) is 0.391. The number of benzene rings is 2. The Labute approximate surface area is 170 Å². The number of nitrogens with zero attached hydrogens (tertiary/aromatic N) is 1. The van der Waals surface area contributed by atoms with Gasteiger partial charge < -0.3 is 10.1 Å². The standard InChI is InChI=1S/C23H27FN2O3/c1-16(2)14-26-11-12-29-19(15-26)13-25-23(28)21-6-4-3-5-20(21)22(27)17-7-9-18(24)10-8-17/h3-10,16,19H,11-15H2,1-2H3,(H,25,28)/t19-/m1/s1. The van der Waals surface area contributed by atoms with Crippen LogP contribution in [0.4, 0.5) is 4.39 Å². The number of carbonyl (C=O) groups is 2. The molecule has 1 heterocycles. The van der Waals surface area contributed by atoms with Crippen LogP contribution < -0.4 is 5.32 Å². The largest absolute Gasteiger partial charge is 0.374 e. The lowest BCUT2D eigenvalue weighted by molar-refractivity contribution is -0.0295. The van der Waals surface area contributed by atoms with Crippen LogP contribution in [0.25, 0.3) is 0 Å². The molecule has 1 fully saturated rings. The molecular formula is C23H27FN2O3. The van der Waals surface area contributed by atoms with E-state index in [-0.39, 0.29) is 17.8 Å². The Morgan fingerprint density at radius 2 is 1.83 bits per heavy atom. The van der Waals surface area contributed by atoms with Gasteiger partial charge in [0.2, 0.25) is 0 Å². The lowest BCUT2D eigenvalue weighted by atomic mass is 9.98. The minimum Gasteiger partial charge on any atom is -0.374 e. The first-order valence-corrected chi connectivity index (χ1v) is 9.95. The Kier molecular flexibility index (Phi) is 7.12. The second-order valence-corrected chi connectivity index (χ2v) is 7.74. The van der Waals surface area contributed by atoms with E-state index >= 15 is 0 Å². The van der Waals surface area contributed by atoms with E-state index in [1.54, 1.807) is 24.3 Å². The first kappa shape index (κ1) is 21.1. The van der Waals surface area contributed by atoms with Gasteiger partial charge in [-0.2, -0.15) is 0 Å². The zero-order chi connectivity index (χ0) is 20.8. The molecule has 1 N–H and O–H groups in total. The second kappa shape index (κ2) is 9.76. The van der Waals surface area contributed by atoms with E-state index in [0.29, 0.717) is 35.8 Å².